The van der Waals surface area contributed by atoms with Crippen LogP contribution in [0.3, 0.4) is 0 Å². The van der Waals surface area contributed by atoms with Crippen LogP contribution in [0.4, 0.5) is 4.39 Å². The van der Waals surface area contributed by atoms with Gasteiger partial charge in [-0.05, 0) is 29.3 Å². The molecule has 1 heterocycles. The second kappa shape index (κ2) is 6.36. The van der Waals surface area contributed by atoms with Crippen molar-refractivity contribution in [3.05, 3.63) is 59.2 Å². The van der Waals surface area contributed by atoms with E-state index >= 15 is 0 Å². The van der Waals surface area contributed by atoms with Crippen LogP contribution in [0.25, 0.3) is 0 Å². The summed E-state index contributed by atoms with van der Waals surface area (Å²) in [6, 6.07) is 9.03. The predicted molar refractivity (Wildman–Crippen MR) is 76.6 cm³/mol. The number of halogens is 1. The highest BCUT2D eigenvalue weighted by Crippen LogP contribution is 2.12. The molecule has 0 bridgehead atoms. The van der Waals surface area contributed by atoms with Crippen molar-refractivity contribution in [1.82, 2.24) is 9.88 Å². The first-order chi connectivity index (χ1) is 9.58. The topological polar surface area (TPSA) is 40.8 Å². The van der Waals surface area contributed by atoms with E-state index in [9.17, 15) is 4.39 Å². The molecule has 3 nitrogen and oxygen atoms in total. The molecule has 0 fully saturated rings. The highest BCUT2D eigenvalue weighted by Gasteiger charge is 2.04. The fourth-order valence-corrected chi connectivity index (χ4v) is 1.98. The van der Waals surface area contributed by atoms with Crippen LogP contribution in [-0.4, -0.2) is 10.6 Å². The molecule has 0 saturated carbocycles. The van der Waals surface area contributed by atoms with Crippen LogP contribution in [0.2, 0.25) is 0 Å². The first-order valence-corrected chi connectivity index (χ1v) is 6.65. The van der Waals surface area contributed by atoms with Crippen LogP contribution in [0.15, 0.2) is 36.7 Å². The fourth-order valence-electron chi connectivity index (χ4n) is 1.98. The van der Waals surface area contributed by atoms with Gasteiger partial charge in [0.2, 0.25) is 0 Å². The van der Waals surface area contributed by atoms with Gasteiger partial charge in [0.1, 0.15) is 11.9 Å². The van der Waals surface area contributed by atoms with E-state index in [1.54, 1.807) is 12.1 Å². The second-order valence-electron chi connectivity index (χ2n) is 5.15. The molecule has 0 aliphatic rings. The number of nitriles is 1. The van der Waals surface area contributed by atoms with Gasteiger partial charge >= 0.3 is 0 Å². The molecule has 0 spiro atoms. The Balaban J connectivity index is 2.05. The standard InChI is InChI=1S/C16H18FN3/c1-12(2)19-9-14-5-6-20(11-14)10-13-3-4-16(17)15(7-13)8-18/h3-7,11-12,19H,9-10H2,1-2H3. The Morgan fingerprint density at radius 1 is 1.30 bits per heavy atom. The SMILES string of the molecule is CC(C)NCc1ccn(Cc2ccc(F)c(C#N)c2)c1. The van der Waals surface area contributed by atoms with Crippen LogP contribution in [0.5, 0.6) is 0 Å². The minimum atomic E-state index is -0.467. The van der Waals surface area contributed by atoms with Crippen molar-refractivity contribution >= 4 is 0 Å². The van der Waals surface area contributed by atoms with E-state index in [1.165, 1.54) is 11.6 Å². The lowest BCUT2D eigenvalue weighted by atomic mass is 10.1. The van der Waals surface area contributed by atoms with Crippen molar-refractivity contribution in [1.29, 1.82) is 5.26 Å². The monoisotopic (exact) mass is 271 g/mol. The number of aromatic nitrogens is 1. The molecule has 0 aliphatic carbocycles. The summed E-state index contributed by atoms with van der Waals surface area (Å²) < 4.78 is 15.3. The predicted octanol–water partition coefficient (Wildman–Crippen LogP) is 3.05. The lowest BCUT2D eigenvalue weighted by Crippen LogP contribution is -2.21. The summed E-state index contributed by atoms with van der Waals surface area (Å²) in [7, 11) is 0. The smallest absolute Gasteiger partial charge is 0.140 e. The Bertz CT molecular complexity index is 623. The van der Waals surface area contributed by atoms with Gasteiger partial charge in [-0.25, -0.2) is 4.39 Å². The number of benzene rings is 1. The van der Waals surface area contributed by atoms with E-state index in [4.69, 9.17) is 5.26 Å². The first-order valence-electron chi connectivity index (χ1n) is 6.65. The normalized spacial score (nSPS) is 10.8. The van der Waals surface area contributed by atoms with E-state index in [2.05, 4.69) is 31.4 Å². The van der Waals surface area contributed by atoms with Gasteiger partial charge in [-0.2, -0.15) is 5.26 Å². The average Bonchev–Trinajstić information content (AvgIpc) is 2.86. The summed E-state index contributed by atoms with van der Waals surface area (Å²) in [6.45, 7) is 5.69. The molecule has 1 N–H and O–H groups in total. The minimum absolute atomic E-state index is 0.0938. The molecular weight excluding hydrogens is 253 g/mol. The van der Waals surface area contributed by atoms with E-state index in [-0.39, 0.29) is 5.56 Å². The summed E-state index contributed by atoms with van der Waals surface area (Å²) in [5.74, 6) is -0.467. The molecule has 0 amide bonds. The van der Waals surface area contributed by atoms with Crippen LogP contribution in [-0.2, 0) is 13.1 Å². The van der Waals surface area contributed by atoms with Crippen molar-refractivity contribution in [3.63, 3.8) is 0 Å². The van der Waals surface area contributed by atoms with Gasteiger partial charge in [-0.3, -0.25) is 0 Å². The molecule has 0 atom stereocenters. The van der Waals surface area contributed by atoms with Crippen molar-refractivity contribution in [2.45, 2.75) is 33.0 Å². The Kier molecular flexibility index (Phi) is 4.54. The van der Waals surface area contributed by atoms with E-state index < -0.39 is 5.82 Å². The third-order valence-corrected chi connectivity index (χ3v) is 3.04. The number of hydrogen-bond donors (Lipinski definition) is 1. The van der Waals surface area contributed by atoms with Crippen LogP contribution in [0, 0.1) is 17.1 Å². The molecule has 0 radical (unpaired) electrons. The molecule has 104 valence electrons. The number of nitrogens with zero attached hydrogens (tertiary/aromatic N) is 2. The van der Waals surface area contributed by atoms with Crippen LogP contribution < -0.4 is 5.32 Å². The molecule has 0 saturated heterocycles. The zero-order valence-corrected chi connectivity index (χ0v) is 11.7. The van der Waals surface area contributed by atoms with Crippen LogP contribution in [0.1, 0.15) is 30.5 Å². The second-order valence-corrected chi connectivity index (χ2v) is 5.15. The Morgan fingerprint density at radius 2 is 2.10 bits per heavy atom. The lowest BCUT2D eigenvalue weighted by Gasteiger charge is -2.06. The van der Waals surface area contributed by atoms with Crippen molar-refractivity contribution in [3.8, 4) is 6.07 Å². The van der Waals surface area contributed by atoms with E-state index in [0.29, 0.717) is 12.6 Å². The molecule has 0 unspecified atom stereocenters. The summed E-state index contributed by atoms with van der Waals surface area (Å²) in [5.41, 5.74) is 2.22. The Morgan fingerprint density at radius 3 is 2.80 bits per heavy atom. The van der Waals surface area contributed by atoms with Crippen LogP contribution >= 0.6 is 0 Å². The molecule has 1 aromatic carbocycles. The third-order valence-electron chi connectivity index (χ3n) is 3.04. The minimum Gasteiger partial charge on any atom is -0.350 e. The lowest BCUT2D eigenvalue weighted by molar-refractivity contribution is 0.588. The largest absolute Gasteiger partial charge is 0.350 e. The van der Waals surface area contributed by atoms with Crippen molar-refractivity contribution < 1.29 is 4.39 Å². The summed E-state index contributed by atoms with van der Waals surface area (Å²) in [6.07, 6.45) is 4.05. The van der Waals surface area contributed by atoms with Gasteiger partial charge in [0.05, 0.1) is 5.56 Å². The quantitative estimate of drug-likeness (QED) is 0.908. The van der Waals surface area contributed by atoms with Gasteiger partial charge in [0, 0.05) is 31.5 Å². The van der Waals surface area contributed by atoms with E-state index in [0.717, 1.165) is 12.1 Å². The Labute approximate surface area is 118 Å². The molecule has 1 aromatic heterocycles. The third kappa shape index (κ3) is 3.69. The summed E-state index contributed by atoms with van der Waals surface area (Å²) in [4.78, 5) is 0. The Hall–Kier alpha value is -2.12. The van der Waals surface area contributed by atoms with E-state index in [1.807, 2.05) is 16.8 Å². The summed E-state index contributed by atoms with van der Waals surface area (Å²) >= 11 is 0. The highest BCUT2D eigenvalue weighted by molar-refractivity contribution is 5.34. The molecule has 20 heavy (non-hydrogen) atoms. The zero-order valence-electron chi connectivity index (χ0n) is 11.7. The highest BCUT2D eigenvalue weighted by atomic mass is 19.1. The maximum Gasteiger partial charge on any atom is 0.140 e. The molecule has 2 rings (SSSR count). The van der Waals surface area contributed by atoms with Crippen molar-refractivity contribution in [2.24, 2.45) is 0 Å². The summed E-state index contributed by atoms with van der Waals surface area (Å²) in [5, 5.41) is 12.2. The first kappa shape index (κ1) is 14.3. The zero-order chi connectivity index (χ0) is 14.5. The van der Waals surface area contributed by atoms with Crippen molar-refractivity contribution in [2.75, 3.05) is 0 Å². The maximum atomic E-state index is 13.3. The average molecular weight is 271 g/mol. The van der Waals surface area contributed by atoms with Gasteiger partial charge in [0.15, 0.2) is 0 Å². The number of rotatable bonds is 5. The molecule has 0 aliphatic heterocycles. The maximum absolute atomic E-state index is 13.3. The van der Waals surface area contributed by atoms with Gasteiger partial charge < -0.3 is 9.88 Å². The molecular formula is C16H18FN3. The van der Waals surface area contributed by atoms with Gasteiger partial charge in [-0.15, -0.1) is 0 Å². The number of nitrogens with one attached hydrogen (secondary N) is 1. The molecule has 4 heteroatoms. The number of hydrogen-bond acceptors (Lipinski definition) is 2. The van der Waals surface area contributed by atoms with Gasteiger partial charge in [-0.1, -0.05) is 19.9 Å². The fraction of sp³-hybridized carbons (Fsp3) is 0.312. The molecule has 2 aromatic rings. The van der Waals surface area contributed by atoms with Gasteiger partial charge in [0.25, 0.3) is 0 Å².